The summed E-state index contributed by atoms with van der Waals surface area (Å²) in [5.74, 6) is -0.331. The molecule has 0 radical (unpaired) electrons. The molecule has 3 atom stereocenters. The Morgan fingerprint density at radius 3 is 2.44 bits per heavy atom. The number of aryl methyl sites for hydroxylation is 1. The lowest BCUT2D eigenvalue weighted by Crippen LogP contribution is -2.50. The van der Waals surface area contributed by atoms with Crippen molar-refractivity contribution < 1.29 is 27.9 Å². The highest BCUT2D eigenvalue weighted by Crippen LogP contribution is 2.31. The Hall–Kier alpha value is -4.09. The number of amides is 3. The molecule has 0 aliphatic carbocycles. The van der Waals surface area contributed by atoms with E-state index in [0.717, 1.165) is 5.56 Å². The fourth-order valence-electron chi connectivity index (χ4n) is 4.53. The second kappa shape index (κ2) is 12.6. The van der Waals surface area contributed by atoms with Crippen molar-refractivity contribution in [2.24, 2.45) is 5.92 Å². The molecule has 218 valence electrons. The number of nitrogens with one attached hydrogen (secondary N) is 2. The van der Waals surface area contributed by atoms with Crippen LogP contribution < -0.4 is 14.8 Å². The molecule has 3 aromatic carbocycles. The Morgan fingerprint density at radius 2 is 1.78 bits per heavy atom. The zero-order valence-electron chi connectivity index (χ0n) is 23.6. The van der Waals surface area contributed by atoms with Crippen LogP contribution in [0.2, 0.25) is 0 Å². The quantitative estimate of drug-likeness (QED) is 0.367. The van der Waals surface area contributed by atoms with E-state index >= 15 is 0 Å². The lowest BCUT2D eigenvalue weighted by molar-refractivity contribution is 0.0371. The zero-order chi connectivity index (χ0) is 29.7. The molecule has 0 unspecified atom stereocenters. The summed E-state index contributed by atoms with van der Waals surface area (Å²) in [6.07, 6.45) is -0.503. The predicted molar refractivity (Wildman–Crippen MR) is 158 cm³/mol. The highest BCUT2D eigenvalue weighted by atomic mass is 32.2. The Kier molecular flexibility index (Phi) is 9.19. The standard InChI is InChI=1S/C30H36N4O6S/c1-20-10-13-25(14-11-20)41(38,39)32-24-12-15-27-26(16-24)29(36)34(22(3)19-35)17-21(2)28(40-27)18-33(4)30(37)31-23-8-6-5-7-9-23/h5-16,21-22,28,32,35H,17-19H2,1-4H3,(H,31,37)/t21-,22-,28-/m0/s1. The first-order valence-electron chi connectivity index (χ1n) is 13.4. The van der Waals surface area contributed by atoms with Gasteiger partial charge in [0.2, 0.25) is 0 Å². The number of ether oxygens (including phenoxy) is 1. The average Bonchev–Trinajstić information content (AvgIpc) is 2.95. The number of aliphatic hydroxyl groups excluding tert-OH is 1. The molecule has 10 nitrogen and oxygen atoms in total. The number of likely N-dealkylation sites (N-methyl/N-ethyl adjacent to an activating group) is 1. The van der Waals surface area contributed by atoms with E-state index in [0.29, 0.717) is 5.69 Å². The molecule has 3 N–H and O–H groups in total. The van der Waals surface area contributed by atoms with Gasteiger partial charge in [-0.05, 0) is 56.3 Å². The number of carbonyl (C=O) groups is 2. The number of sulfonamides is 1. The van der Waals surface area contributed by atoms with Crippen LogP contribution >= 0.6 is 0 Å². The average molecular weight is 581 g/mol. The van der Waals surface area contributed by atoms with Crippen molar-refractivity contribution in [1.82, 2.24) is 9.80 Å². The number of rotatable bonds is 8. The topological polar surface area (TPSA) is 128 Å². The number of anilines is 2. The number of aliphatic hydroxyl groups is 1. The van der Waals surface area contributed by atoms with E-state index in [-0.39, 0.29) is 53.5 Å². The van der Waals surface area contributed by atoms with Crippen molar-refractivity contribution in [2.75, 3.05) is 36.8 Å². The molecule has 1 aliphatic heterocycles. The van der Waals surface area contributed by atoms with Gasteiger partial charge in [0.05, 0.1) is 29.7 Å². The number of nitrogens with zero attached hydrogens (tertiary/aromatic N) is 2. The maximum atomic E-state index is 13.7. The molecule has 0 fully saturated rings. The third-order valence-corrected chi connectivity index (χ3v) is 8.47. The fourth-order valence-corrected chi connectivity index (χ4v) is 5.58. The maximum absolute atomic E-state index is 13.7. The number of hydrogen-bond acceptors (Lipinski definition) is 6. The monoisotopic (exact) mass is 580 g/mol. The van der Waals surface area contributed by atoms with Crippen LogP contribution in [0, 0.1) is 12.8 Å². The maximum Gasteiger partial charge on any atom is 0.321 e. The summed E-state index contributed by atoms with van der Waals surface area (Å²) in [6.45, 7) is 5.76. The molecule has 0 spiro atoms. The normalized spacial score (nSPS) is 17.9. The fraction of sp³-hybridized carbons (Fsp3) is 0.333. The van der Waals surface area contributed by atoms with Gasteiger partial charge >= 0.3 is 6.03 Å². The van der Waals surface area contributed by atoms with E-state index in [9.17, 15) is 23.1 Å². The summed E-state index contributed by atoms with van der Waals surface area (Å²) >= 11 is 0. The summed E-state index contributed by atoms with van der Waals surface area (Å²) in [5, 5.41) is 12.8. The van der Waals surface area contributed by atoms with Crippen LogP contribution in [-0.2, 0) is 10.0 Å². The van der Waals surface area contributed by atoms with E-state index < -0.39 is 28.1 Å². The second-order valence-corrected chi connectivity index (χ2v) is 12.1. The van der Waals surface area contributed by atoms with Gasteiger partial charge in [0.25, 0.3) is 15.9 Å². The molecule has 1 heterocycles. The molecule has 0 aromatic heterocycles. The molecule has 0 saturated carbocycles. The van der Waals surface area contributed by atoms with Gasteiger partial charge in [0.15, 0.2) is 0 Å². The predicted octanol–water partition coefficient (Wildman–Crippen LogP) is 4.18. The molecule has 0 saturated heterocycles. The minimum Gasteiger partial charge on any atom is -0.487 e. The second-order valence-electron chi connectivity index (χ2n) is 10.4. The van der Waals surface area contributed by atoms with Crippen molar-refractivity contribution >= 4 is 33.3 Å². The third kappa shape index (κ3) is 7.17. The van der Waals surface area contributed by atoms with E-state index in [1.54, 1.807) is 49.2 Å². The summed E-state index contributed by atoms with van der Waals surface area (Å²) in [4.78, 5) is 29.7. The van der Waals surface area contributed by atoms with E-state index in [1.165, 1.54) is 29.2 Å². The van der Waals surface area contributed by atoms with Crippen LogP contribution in [0.5, 0.6) is 5.75 Å². The number of para-hydroxylation sites is 1. The van der Waals surface area contributed by atoms with Gasteiger partial charge < -0.3 is 25.0 Å². The Balaban J connectivity index is 1.62. The lowest BCUT2D eigenvalue weighted by atomic mass is 9.99. The SMILES string of the molecule is Cc1ccc(S(=O)(=O)Nc2ccc3c(c2)C(=O)N([C@@H](C)CO)C[C@H](C)[C@H](CN(C)C(=O)Nc2ccccc2)O3)cc1. The minimum absolute atomic E-state index is 0.0960. The lowest BCUT2D eigenvalue weighted by Gasteiger charge is -2.38. The Labute approximate surface area is 241 Å². The van der Waals surface area contributed by atoms with Crippen molar-refractivity contribution in [3.63, 3.8) is 0 Å². The van der Waals surface area contributed by atoms with Crippen LogP contribution in [0.25, 0.3) is 0 Å². The van der Waals surface area contributed by atoms with Crippen LogP contribution in [0.4, 0.5) is 16.2 Å². The molecular weight excluding hydrogens is 544 g/mol. The molecule has 3 aromatic rings. The minimum atomic E-state index is -3.90. The van der Waals surface area contributed by atoms with Gasteiger partial charge in [0, 0.05) is 30.9 Å². The molecule has 0 bridgehead atoms. The molecule has 11 heteroatoms. The van der Waals surface area contributed by atoms with Crippen molar-refractivity contribution in [3.05, 3.63) is 83.9 Å². The van der Waals surface area contributed by atoms with Gasteiger partial charge in [-0.3, -0.25) is 9.52 Å². The highest BCUT2D eigenvalue weighted by molar-refractivity contribution is 7.92. The first kappa shape index (κ1) is 29.9. The Morgan fingerprint density at radius 1 is 1.10 bits per heavy atom. The van der Waals surface area contributed by atoms with Gasteiger partial charge in [-0.2, -0.15) is 0 Å². The molecule has 3 amide bonds. The number of hydrogen-bond donors (Lipinski definition) is 3. The van der Waals surface area contributed by atoms with Crippen molar-refractivity contribution in [1.29, 1.82) is 0 Å². The first-order valence-corrected chi connectivity index (χ1v) is 14.9. The molecule has 41 heavy (non-hydrogen) atoms. The molecular formula is C30H36N4O6S. The summed E-state index contributed by atoms with van der Waals surface area (Å²) in [7, 11) is -2.24. The van der Waals surface area contributed by atoms with Crippen molar-refractivity contribution in [3.8, 4) is 5.75 Å². The largest absolute Gasteiger partial charge is 0.487 e. The smallest absolute Gasteiger partial charge is 0.321 e. The summed E-state index contributed by atoms with van der Waals surface area (Å²) < 4.78 is 34.9. The number of fused-ring (bicyclic) bond motifs is 1. The first-order chi connectivity index (χ1) is 19.5. The van der Waals surface area contributed by atoms with Gasteiger partial charge in [-0.1, -0.05) is 42.8 Å². The highest BCUT2D eigenvalue weighted by Gasteiger charge is 2.34. The van der Waals surface area contributed by atoms with Gasteiger partial charge in [-0.25, -0.2) is 13.2 Å². The van der Waals surface area contributed by atoms with E-state index in [4.69, 9.17) is 4.74 Å². The molecule has 1 aliphatic rings. The van der Waals surface area contributed by atoms with Crippen LogP contribution in [-0.4, -0.2) is 74.2 Å². The number of carbonyl (C=O) groups excluding carboxylic acids is 2. The van der Waals surface area contributed by atoms with Gasteiger partial charge in [0.1, 0.15) is 11.9 Å². The van der Waals surface area contributed by atoms with Gasteiger partial charge in [-0.15, -0.1) is 0 Å². The van der Waals surface area contributed by atoms with E-state index in [1.807, 2.05) is 32.0 Å². The Bertz CT molecular complexity index is 1480. The van der Waals surface area contributed by atoms with Crippen LogP contribution in [0.1, 0.15) is 29.8 Å². The summed E-state index contributed by atoms with van der Waals surface area (Å²) in [5.41, 5.74) is 1.94. The van der Waals surface area contributed by atoms with Crippen LogP contribution in [0.3, 0.4) is 0 Å². The van der Waals surface area contributed by atoms with Crippen LogP contribution in [0.15, 0.2) is 77.7 Å². The zero-order valence-corrected chi connectivity index (χ0v) is 24.4. The summed E-state index contributed by atoms with van der Waals surface area (Å²) in [6, 6.07) is 19.3. The number of benzene rings is 3. The number of urea groups is 1. The van der Waals surface area contributed by atoms with Crippen molar-refractivity contribution in [2.45, 2.75) is 37.8 Å². The third-order valence-electron chi connectivity index (χ3n) is 7.07. The van der Waals surface area contributed by atoms with E-state index in [2.05, 4.69) is 10.0 Å². The molecule has 4 rings (SSSR count).